The highest BCUT2D eigenvalue weighted by atomic mass is 19.4. The first-order valence-electron chi connectivity index (χ1n) is 9.25. The fourth-order valence-corrected chi connectivity index (χ4v) is 3.49. The fourth-order valence-electron chi connectivity index (χ4n) is 3.49. The molecule has 0 radical (unpaired) electrons. The van der Waals surface area contributed by atoms with Gasteiger partial charge in [0.1, 0.15) is 5.82 Å². The smallest absolute Gasteiger partial charge is 0.355 e. The number of amides is 1. The number of nitrogens with zero attached hydrogens (tertiary/aromatic N) is 4. The lowest BCUT2D eigenvalue weighted by molar-refractivity contribution is -0.137. The van der Waals surface area contributed by atoms with E-state index in [0.29, 0.717) is 24.6 Å². The van der Waals surface area contributed by atoms with E-state index in [-0.39, 0.29) is 17.9 Å². The molecule has 3 rings (SSSR count). The lowest BCUT2D eigenvalue weighted by Crippen LogP contribution is -2.49. The summed E-state index contributed by atoms with van der Waals surface area (Å²) in [6.07, 6.45) is -0.837. The van der Waals surface area contributed by atoms with Crippen LogP contribution < -0.4 is 5.32 Å². The zero-order valence-corrected chi connectivity index (χ0v) is 15.5. The van der Waals surface area contributed by atoms with Crippen LogP contribution in [0.2, 0.25) is 0 Å². The maximum atomic E-state index is 13.0. The summed E-state index contributed by atoms with van der Waals surface area (Å²) < 4.78 is 40.6. The second-order valence-corrected chi connectivity index (χ2v) is 7.00. The highest BCUT2D eigenvalue weighted by Gasteiger charge is 2.33. The van der Waals surface area contributed by atoms with Crippen LogP contribution in [0.4, 0.5) is 13.2 Å². The van der Waals surface area contributed by atoms with Crippen molar-refractivity contribution in [1.82, 2.24) is 24.8 Å². The van der Waals surface area contributed by atoms with Crippen molar-refractivity contribution in [3.63, 3.8) is 0 Å². The number of fused-ring (bicyclic) bond motifs is 1. The molecule has 1 amide bonds. The Balaban J connectivity index is 1.81. The number of halogens is 3. The monoisotopic (exact) mass is 383 g/mol. The van der Waals surface area contributed by atoms with Gasteiger partial charge in [-0.3, -0.25) is 14.1 Å². The van der Waals surface area contributed by atoms with Crippen molar-refractivity contribution in [2.24, 2.45) is 0 Å². The molecule has 0 bridgehead atoms. The molecule has 2 atom stereocenters. The Hall–Kier alpha value is -2.16. The van der Waals surface area contributed by atoms with Gasteiger partial charge in [0.25, 0.3) is 0 Å². The number of alkyl halides is 3. The predicted molar refractivity (Wildman–Crippen MR) is 94.3 cm³/mol. The van der Waals surface area contributed by atoms with Crippen molar-refractivity contribution in [1.29, 1.82) is 0 Å². The summed E-state index contributed by atoms with van der Waals surface area (Å²) in [6, 6.07) is 2.06. The number of rotatable bonds is 5. The minimum Gasteiger partial charge on any atom is -0.355 e. The van der Waals surface area contributed by atoms with E-state index in [1.165, 1.54) is 10.5 Å². The average Bonchev–Trinajstić information content (AvgIpc) is 3.08. The average molecular weight is 383 g/mol. The number of nitrogens with one attached hydrogen (secondary N) is 1. The summed E-state index contributed by atoms with van der Waals surface area (Å²) in [6.45, 7) is 5.83. The Morgan fingerprint density at radius 1 is 1.37 bits per heavy atom. The van der Waals surface area contributed by atoms with Gasteiger partial charge >= 0.3 is 6.18 Å². The van der Waals surface area contributed by atoms with Crippen LogP contribution >= 0.6 is 0 Å². The third-order valence-corrected chi connectivity index (χ3v) is 5.05. The van der Waals surface area contributed by atoms with Gasteiger partial charge in [0.05, 0.1) is 11.6 Å². The molecule has 0 aromatic carbocycles. The van der Waals surface area contributed by atoms with E-state index < -0.39 is 11.7 Å². The molecule has 2 aromatic heterocycles. The van der Waals surface area contributed by atoms with E-state index in [1.807, 2.05) is 13.8 Å². The van der Waals surface area contributed by atoms with Crippen molar-refractivity contribution < 1.29 is 18.0 Å². The Labute approximate surface area is 155 Å². The molecule has 9 heteroatoms. The molecule has 1 aliphatic rings. The number of hydrogen-bond donors (Lipinski definition) is 1. The largest absolute Gasteiger partial charge is 0.417 e. The molecule has 1 N–H and O–H groups in total. The first kappa shape index (κ1) is 19.6. The maximum Gasteiger partial charge on any atom is 0.417 e. The van der Waals surface area contributed by atoms with Crippen molar-refractivity contribution in [2.75, 3.05) is 19.6 Å². The predicted octanol–water partition coefficient (Wildman–Crippen LogP) is 2.84. The summed E-state index contributed by atoms with van der Waals surface area (Å²) in [5.74, 6) is 0.420. The molecule has 2 aromatic rings. The molecule has 1 aliphatic heterocycles. The van der Waals surface area contributed by atoms with Gasteiger partial charge in [-0.25, -0.2) is 0 Å². The molecule has 6 nitrogen and oxygen atoms in total. The number of pyridine rings is 1. The van der Waals surface area contributed by atoms with Crippen molar-refractivity contribution >= 4 is 11.6 Å². The third-order valence-electron chi connectivity index (χ3n) is 5.05. The van der Waals surface area contributed by atoms with Gasteiger partial charge in [0, 0.05) is 25.2 Å². The molecule has 1 fully saturated rings. The number of hydrogen-bond acceptors (Lipinski definition) is 4. The van der Waals surface area contributed by atoms with E-state index in [0.717, 1.165) is 38.1 Å². The van der Waals surface area contributed by atoms with E-state index >= 15 is 0 Å². The van der Waals surface area contributed by atoms with Gasteiger partial charge in [-0.2, -0.15) is 13.2 Å². The molecular formula is C18H24F3N5O. The SMILES string of the molecule is CCCNC(=O)C(C)N1CCCC(c2nnc3ccc(C(F)(F)F)cn23)C1. The van der Waals surface area contributed by atoms with Crippen LogP contribution in [0.15, 0.2) is 18.3 Å². The van der Waals surface area contributed by atoms with Crippen molar-refractivity contribution in [2.45, 2.75) is 51.2 Å². The minimum atomic E-state index is -4.42. The van der Waals surface area contributed by atoms with Crippen LogP contribution in [-0.2, 0) is 11.0 Å². The molecule has 1 saturated heterocycles. The van der Waals surface area contributed by atoms with E-state index in [1.54, 1.807) is 0 Å². The molecule has 0 saturated carbocycles. The molecule has 0 aliphatic carbocycles. The summed E-state index contributed by atoms with van der Waals surface area (Å²) >= 11 is 0. The summed E-state index contributed by atoms with van der Waals surface area (Å²) in [5, 5.41) is 11.1. The quantitative estimate of drug-likeness (QED) is 0.863. The van der Waals surface area contributed by atoms with Gasteiger partial charge in [-0.05, 0) is 44.9 Å². The highest BCUT2D eigenvalue weighted by molar-refractivity contribution is 5.81. The first-order valence-corrected chi connectivity index (χ1v) is 9.25. The number of aromatic nitrogens is 3. The van der Waals surface area contributed by atoms with E-state index in [9.17, 15) is 18.0 Å². The van der Waals surface area contributed by atoms with E-state index in [4.69, 9.17) is 0 Å². The number of likely N-dealkylation sites (tertiary alicyclic amines) is 1. The molecule has 0 spiro atoms. The molecule has 2 unspecified atom stereocenters. The van der Waals surface area contributed by atoms with Gasteiger partial charge in [0.2, 0.25) is 5.91 Å². The maximum absolute atomic E-state index is 13.0. The lowest BCUT2D eigenvalue weighted by atomic mass is 9.96. The van der Waals surface area contributed by atoms with Gasteiger partial charge in [0.15, 0.2) is 5.65 Å². The third kappa shape index (κ3) is 4.23. The van der Waals surface area contributed by atoms with Crippen LogP contribution in [0.25, 0.3) is 5.65 Å². The van der Waals surface area contributed by atoms with Crippen molar-refractivity contribution in [3.05, 3.63) is 29.7 Å². The molecule has 27 heavy (non-hydrogen) atoms. The first-order chi connectivity index (χ1) is 12.8. The molecule has 148 valence electrons. The van der Waals surface area contributed by atoms with Crippen LogP contribution in [0.5, 0.6) is 0 Å². The fraction of sp³-hybridized carbons (Fsp3) is 0.611. The van der Waals surface area contributed by atoms with Crippen molar-refractivity contribution in [3.8, 4) is 0 Å². The zero-order chi connectivity index (χ0) is 19.6. The Morgan fingerprint density at radius 2 is 2.15 bits per heavy atom. The second kappa shape index (κ2) is 7.84. The standard InChI is InChI=1S/C18H24F3N5O/c1-3-8-22-17(27)12(2)25-9-4-5-13(10-25)16-24-23-15-7-6-14(11-26(15)16)18(19,20)21/h6-7,11-13H,3-5,8-10H2,1-2H3,(H,22,27). The highest BCUT2D eigenvalue weighted by Crippen LogP contribution is 2.31. The summed E-state index contributed by atoms with van der Waals surface area (Å²) in [4.78, 5) is 14.3. The zero-order valence-electron chi connectivity index (χ0n) is 15.5. The topological polar surface area (TPSA) is 62.5 Å². The number of carbonyl (C=O) groups excluding carboxylic acids is 1. The Morgan fingerprint density at radius 3 is 2.85 bits per heavy atom. The van der Waals surface area contributed by atoms with Crippen LogP contribution in [-0.4, -0.2) is 51.1 Å². The van der Waals surface area contributed by atoms with Crippen LogP contribution in [0.3, 0.4) is 0 Å². The second-order valence-electron chi connectivity index (χ2n) is 7.00. The number of piperidine rings is 1. The van der Waals surface area contributed by atoms with E-state index in [2.05, 4.69) is 20.4 Å². The van der Waals surface area contributed by atoms with Gasteiger partial charge in [-0.1, -0.05) is 6.92 Å². The van der Waals surface area contributed by atoms with Crippen LogP contribution in [0.1, 0.15) is 50.4 Å². The lowest BCUT2D eigenvalue weighted by Gasteiger charge is -2.35. The normalized spacial score (nSPS) is 20.0. The number of carbonyl (C=O) groups is 1. The summed E-state index contributed by atoms with van der Waals surface area (Å²) in [5.41, 5.74) is -0.333. The van der Waals surface area contributed by atoms with Gasteiger partial charge < -0.3 is 5.32 Å². The minimum absolute atomic E-state index is 0.0250. The van der Waals surface area contributed by atoms with Gasteiger partial charge in [-0.15, -0.1) is 10.2 Å². The molecule has 3 heterocycles. The summed E-state index contributed by atoms with van der Waals surface area (Å²) in [7, 11) is 0. The molecular weight excluding hydrogens is 359 g/mol. The Bertz CT molecular complexity index is 804. The van der Waals surface area contributed by atoms with Crippen LogP contribution in [0, 0.1) is 0 Å². The Kier molecular flexibility index (Phi) is 5.69.